The number of hydrogen-bond acceptors (Lipinski definition) is 5. The molecule has 2 aromatic heterocycles. The number of benzene rings is 1. The van der Waals surface area contributed by atoms with Crippen LogP contribution in [0.5, 0.6) is 0 Å². The number of amides is 2. The van der Waals surface area contributed by atoms with Gasteiger partial charge in [0, 0.05) is 45.0 Å². The summed E-state index contributed by atoms with van der Waals surface area (Å²) in [6, 6.07) is 10.6. The summed E-state index contributed by atoms with van der Waals surface area (Å²) in [5, 5.41) is 2.75. The van der Waals surface area contributed by atoms with E-state index in [9.17, 15) is 14.0 Å². The van der Waals surface area contributed by atoms with Gasteiger partial charge in [-0.1, -0.05) is 6.07 Å². The van der Waals surface area contributed by atoms with Crippen molar-refractivity contribution >= 4 is 23.3 Å². The Morgan fingerprint density at radius 3 is 2.44 bits per heavy atom. The van der Waals surface area contributed by atoms with E-state index in [4.69, 9.17) is 0 Å². The Hall–Kier alpha value is -3.81. The second kappa shape index (κ2) is 9.99. The van der Waals surface area contributed by atoms with E-state index in [1.165, 1.54) is 6.07 Å². The maximum Gasteiger partial charge on any atom is 0.230 e. The van der Waals surface area contributed by atoms with Gasteiger partial charge in [0.25, 0.3) is 0 Å². The van der Waals surface area contributed by atoms with E-state index in [1.807, 2.05) is 36.9 Å². The van der Waals surface area contributed by atoms with Crippen molar-refractivity contribution in [3.63, 3.8) is 0 Å². The molecule has 0 saturated carbocycles. The molecular weight excluding hydrogens is 433 g/mol. The number of anilines is 2. The molecule has 3 heterocycles. The third-order valence-electron chi connectivity index (χ3n) is 6.06. The van der Waals surface area contributed by atoms with Gasteiger partial charge in [-0.15, -0.1) is 0 Å². The molecule has 1 N–H and O–H groups in total. The fourth-order valence-electron chi connectivity index (χ4n) is 4.19. The monoisotopic (exact) mass is 461 g/mol. The summed E-state index contributed by atoms with van der Waals surface area (Å²) in [5.74, 6) is -0.249. The Bertz CT molecular complexity index is 1200. The molecule has 176 valence electrons. The first-order valence-corrected chi connectivity index (χ1v) is 11.3. The molecule has 0 aliphatic carbocycles. The van der Waals surface area contributed by atoms with Crippen molar-refractivity contribution in [2.45, 2.75) is 27.2 Å². The number of piperazine rings is 1. The van der Waals surface area contributed by atoms with Crippen molar-refractivity contribution in [3.05, 3.63) is 71.4 Å². The molecule has 0 bridgehead atoms. The van der Waals surface area contributed by atoms with Gasteiger partial charge in [-0.3, -0.25) is 14.6 Å². The molecular formula is C26H28FN5O2. The van der Waals surface area contributed by atoms with Gasteiger partial charge in [0.05, 0.1) is 18.3 Å². The molecule has 2 amide bonds. The number of nitrogens with one attached hydrogen (secondary N) is 1. The lowest BCUT2D eigenvalue weighted by molar-refractivity contribution is -0.129. The predicted octanol–water partition coefficient (Wildman–Crippen LogP) is 3.75. The van der Waals surface area contributed by atoms with Crippen molar-refractivity contribution in [1.29, 1.82) is 0 Å². The molecule has 1 aliphatic heterocycles. The lowest BCUT2D eigenvalue weighted by Gasteiger charge is -2.35. The molecule has 7 nitrogen and oxygen atoms in total. The summed E-state index contributed by atoms with van der Waals surface area (Å²) < 4.78 is 14.8. The number of rotatable bonds is 5. The normalized spacial score (nSPS) is 13.6. The minimum Gasteiger partial charge on any atom is -0.367 e. The fraction of sp³-hybridized carbons (Fsp3) is 0.308. The maximum absolute atomic E-state index is 14.8. The maximum atomic E-state index is 14.8. The van der Waals surface area contributed by atoms with Crippen LogP contribution in [0, 0.1) is 19.7 Å². The van der Waals surface area contributed by atoms with Crippen LogP contribution in [-0.4, -0.2) is 52.9 Å². The van der Waals surface area contributed by atoms with E-state index in [0.29, 0.717) is 24.5 Å². The van der Waals surface area contributed by atoms with Gasteiger partial charge >= 0.3 is 0 Å². The molecule has 0 radical (unpaired) electrons. The van der Waals surface area contributed by atoms with Crippen LogP contribution in [0.4, 0.5) is 15.9 Å². The molecule has 34 heavy (non-hydrogen) atoms. The van der Waals surface area contributed by atoms with Crippen molar-refractivity contribution in [2.75, 3.05) is 36.4 Å². The SMILES string of the molecule is CC(=O)N1CCN(c2ccc(NC(=O)Cc3cc(C)c(-c4ccnc(C)c4)cc3F)nc2)CC1. The summed E-state index contributed by atoms with van der Waals surface area (Å²) in [6.07, 6.45) is 3.32. The van der Waals surface area contributed by atoms with E-state index in [0.717, 1.165) is 41.2 Å². The minimum atomic E-state index is -0.418. The summed E-state index contributed by atoms with van der Waals surface area (Å²) in [6.45, 7) is 8.21. The summed E-state index contributed by atoms with van der Waals surface area (Å²) in [7, 11) is 0. The number of carbonyl (C=O) groups is 2. The van der Waals surface area contributed by atoms with Gasteiger partial charge in [-0.2, -0.15) is 0 Å². The van der Waals surface area contributed by atoms with Gasteiger partial charge in [-0.05, 0) is 66.4 Å². The van der Waals surface area contributed by atoms with Crippen LogP contribution in [0.2, 0.25) is 0 Å². The van der Waals surface area contributed by atoms with Crippen LogP contribution in [0.25, 0.3) is 11.1 Å². The third-order valence-corrected chi connectivity index (χ3v) is 6.06. The fourth-order valence-corrected chi connectivity index (χ4v) is 4.19. The highest BCUT2D eigenvalue weighted by Crippen LogP contribution is 2.27. The predicted molar refractivity (Wildman–Crippen MR) is 130 cm³/mol. The lowest BCUT2D eigenvalue weighted by atomic mass is 9.97. The first-order chi connectivity index (χ1) is 16.3. The van der Waals surface area contributed by atoms with Gasteiger partial charge in [0.15, 0.2) is 0 Å². The molecule has 0 spiro atoms. The van der Waals surface area contributed by atoms with Crippen LogP contribution in [0.1, 0.15) is 23.7 Å². The first-order valence-electron chi connectivity index (χ1n) is 11.3. The number of aromatic nitrogens is 2. The van der Waals surface area contributed by atoms with Gasteiger partial charge in [0.2, 0.25) is 11.8 Å². The summed E-state index contributed by atoms with van der Waals surface area (Å²) in [5.41, 5.74) is 4.70. The number of aryl methyl sites for hydroxylation is 2. The summed E-state index contributed by atoms with van der Waals surface area (Å²) >= 11 is 0. The van der Waals surface area contributed by atoms with E-state index in [1.54, 1.807) is 31.5 Å². The first kappa shape index (κ1) is 23.4. The molecule has 0 atom stereocenters. The molecule has 1 aliphatic rings. The zero-order valence-electron chi connectivity index (χ0n) is 19.6. The van der Waals surface area contributed by atoms with Gasteiger partial charge in [0.1, 0.15) is 11.6 Å². The average Bonchev–Trinajstić information content (AvgIpc) is 2.82. The Morgan fingerprint density at radius 1 is 1.03 bits per heavy atom. The van der Waals surface area contributed by atoms with Crippen LogP contribution >= 0.6 is 0 Å². The lowest BCUT2D eigenvalue weighted by Crippen LogP contribution is -2.48. The van der Waals surface area contributed by atoms with Crippen molar-refractivity contribution < 1.29 is 14.0 Å². The zero-order chi connectivity index (χ0) is 24.2. The largest absolute Gasteiger partial charge is 0.367 e. The summed E-state index contributed by atoms with van der Waals surface area (Å²) in [4.78, 5) is 36.5. The minimum absolute atomic E-state index is 0.0846. The van der Waals surface area contributed by atoms with Crippen LogP contribution < -0.4 is 10.2 Å². The number of nitrogens with zero attached hydrogens (tertiary/aromatic N) is 4. The quantitative estimate of drug-likeness (QED) is 0.626. The Labute approximate surface area is 198 Å². The van der Waals surface area contributed by atoms with E-state index < -0.39 is 5.82 Å². The number of hydrogen-bond donors (Lipinski definition) is 1. The van der Waals surface area contributed by atoms with Crippen LogP contribution in [0.15, 0.2) is 48.8 Å². The highest BCUT2D eigenvalue weighted by Gasteiger charge is 2.19. The zero-order valence-corrected chi connectivity index (χ0v) is 19.6. The Morgan fingerprint density at radius 2 is 1.79 bits per heavy atom. The molecule has 0 unspecified atom stereocenters. The van der Waals surface area contributed by atoms with E-state index >= 15 is 0 Å². The molecule has 1 fully saturated rings. The number of pyridine rings is 2. The smallest absolute Gasteiger partial charge is 0.230 e. The van der Waals surface area contributed by atoms with E-state index in [2.05, 4.69) is 20.2 Å². The third kappa shape index (κ3) is 5.39. The number of carbonyl (C=O) groups excluding carboxylic acids is 2. The molecule has 8 heteroatoms. The van der Waals surface area contributed by atoms with Crippen molar-refractivity contribution in [1.82, 2.24) is 14.9 Å². The Kier molecular flexibility index (Phi) is 6.86. The molecule has 4 rings (SSSR count). The average molecular weight is 462 g/mol. The van der Waals surface area contributed by atoms with E-state index in [-0.39, 0.29) is 18.2 Å². The Balaban J connectivity index is 1.38. The molecule has 1 aromatic carbocycles. The topological polar surface area (TPSA) is 78.4 Å². The second-order valence-electron chi connectivity index (χ2n) is 8.56. The van der Waals surface area contributed by atoms with Crippen molar-refractivity contribution in [2.24, 2.45) is 0 Å². The van der Waals surface area contributed by atoms with Gasteiger partial charge < -0.3 is 15.1 Å². The van der Waals surface area contributed by atoms with Gasteiger partial charge in [-0.25, -0.2) is 9.37 Å². The highest BCUT2D eigenvalue weighted by atomic mass is 19.1. The highest BCUT2D eigenvalue weighted by molar-refractivity contribution is 5.91. The van der Waals surface area contributed by atoms with Crippen LogP contribution in [0.3, 0.4) is 0 Å². The van der Waals surface area contributed by atoms with Crippen LogP contribution in [-0.2, 0) is 16.0 Å². The standard InChI is InChI=1S/C26H28FN5O2/c1-17-12-21(24(27)15-23(17)20-6-7-28-18(2)13-20)14-26(34)30-25-5-4-22(16-29-25)32-10-8-31(9-11-32)19(3)33/h4-7,12-13,15-16H,8-11,14H2,1-3H3,(H,29,30,34). The van der Waals surface area contributed by atoms with Crippen molar-refractivity contribution in [3.8, 4) is 11.1 Å². The number of halogens is 1. The molecule has 1 saturated heterocycles. The second-order valence-corrected chi connectivity index (χ2v) is 8.56. The molecule has 3 aromatic rings.